The molecule has 20 heavy (non-hydrogen) atoms. The molecule has 0 aliphatic rings. The third-order valence-corrected chi connectivity index (χ3v) is 3.79. The number of aromatic nitrogens is 4. The molecule has 5 nitrogen and oxygen atoms in total. The number of alkyl halides is 3. The molecule has 0 aromatic carbocycles. The van der Waals surface area contributed by atoms with Crippen molar-refractivity contribution in [3.05, 3.63) is 30.5 Å². The Morgan fingerprint density at radius 3 is 2.65 bits per heavy atom. The zero-order valence-corrected chi connectivity index (χ0v) is 11.5. The van der Waals surface area contributed by atoms with Gasteiger partial charge in [0.1, 0.15) is 5.03 Å². The lowest BCUT2D eigenvalue weighted by atomic mass is 10.4. The second-order valence-electron chi connectivity index (χ2n) is 3.40. The van der Waals surface area contributed by atoms with Crippen LogP contribution in [0.15, 0.2) is 34.2 Å². The van der Waals surface area contributed by atoms with Gasteiger partial charge in [-0.1, -0.05) is 17.4 Å². The third-order valence-electron chi connectivity index (χ3n) is 1.93. The highest BCUT2D eigenvalue weighted by Gasteiger charge is 2.32. The number of hydrogen-bond donors (Lipinski definition) is 1. The Kier molecular flexibility index (Phi) is 4.55. The first kappa shape index (κ1) is 14.7. The van der Waals surface area contributed by atoms with Crippen molar-refractivity contribution in [2.75, 3.05) is 11.9 Å². The van der Waals surface area contributed by atoms with E-state index in [4.69, 9.17) is 0 Å². The molecule has 0 aliphatic carbocycles. The first-order valence-corrected chi connectivity index (χ1v) is 6.89. The standard InChI is InChI=1S/C10H8F3N5S2/c1-2-5-14-8-17-18-9(20-8)19-7-4-3-6(15-16-7)10(11,12)13/h2-4H,1,5H2,(H,14,17). The van der Waals surface area contributed by atoms with Crippen molar-refractivity contribution in [3.8, 4) is 0 Å². The first-order valence-electron chi connectivity index (χ1n) is 5.26. The number of nitrogens with one attached hydrogen (secondary N) is 1. The Hall–Kier alpha value is -1.68. The van der Waals surface area contributed by atoms with E-state index in [0.29, 0.717) is 21.0 Å². The van der Waals surface area contributed by atoms with Crippen LogP contribution < -0.4 is 5.32 Å². The maximum Gasteiger partial charge on any atom is 0.435 e. The number of hydrogen-bond acceptors (Lipinski definition) is 7. The van der Waals surface area contributed by atoms with Crippen LogP contribution in [0.3, 0.4) is 0 Å². The van der Waals surface area contributed by atoms with Crippen LogP contribution in [0.2, 0.25) is 0 Å². The van der Waals surface area contributed by atoms with Gasteiger partial charge in [0.2, 0.25) is 5.13 Å². The summed E-state index contributed by atoms with van der Waals surface area (Å²) in [4.78, 5) is 0. The van der Waals surface area contributed by atoms with Crippen LogP contribution in [-0.4, -0.2) is 26.9 Å². The summed E-state index contributed by atoms with van der Waals surface area (Å²) in [5, 5.41) is 18.3. The van der Waals surface area contributed by atoms with Crippen molar-refractivity contribution in [1.29, 1.82) is 0 Å². The molecule has 0 spiro atoms. The summed E-state index contributed by atoms with van der Waals surface area (Å²) in [6.45, 7) is 4.11. The molecule has 0 saturated heterocycles. The van der Waals surface area contributed by atoms with Gasteiger partial charge < -0.3 is 5.32 Å². The molecule has 0 radical (unpaired) electrons. The van der Waals surface area contributed by atoms with Crippen LogP contribution in [0.1, 0.15) is 5.69 Å². The van der Waals surface area contributed by atoms with E-state index >= 15 is 0 Å². The van der Waals surface area contributed by atoms with Gasteiger partial charge in [-0.15, -0.1) is 27.0 Å². The molecule has 0 saturated carbocycles. The summed E-state index contributed by atoms with van der Waals surface area (Å²) in [6, 6.07) is 2.13. The Labute approximate surface area is 120 Å². The fourth-order valence-corrected chi connectivity index (χ4v) is 2.72. The quantitative estimate of drug-likeness (QED) is 0.855. The molecule has 106 valence electrons. The molecule has 0 unspecified atom stereocenters. The van der Waals surface area contributed by atoms with Crippen molar-refractivity contribution in [2.45, 2.75) is 15.5 Å². The Balaban J connectivity index is 2.03. The van der Waals surface area contributed by atoms with Gasteiger partial charge in [0.25, 0.3) is 0 Å². The number of rotatable bonds is 5. The fraction of sp³-hybridized carbons (Fsp3) is 0.200. The zero-order chi connectivity index (χ0) is 14.6. The van der Waals surface area contributed by atoms with Crippen LogP contribution in [0.25, 0.3) is 0 Å². The molecule has 10 heteroatoms. The number of halogens is 3. The molecule has 2 rings (SSSR count). The average molecular weight is 319 g/mol. The van der Waals surface area contributed by atoms with E-state index in [-0.39, 0.29) is 0 Å². The lowest BCUT2D eigenvalue weighted by Gasteiger charge is -2.03. The first-order chi connectivity index (χ1) is 9.49. The molecule has 1 N–H and O–H groups in total. The summed E-state index contributed by atoms with van der Waals surface area (Å²) in [5.41, 5.74) is -1.02. The van der Waals surface area contributed by atoms with Crippen molar-refractivity contribution >= 4 is 28.2 Å². The second-order valence-corrected chi connectivity index (χ2v) is 5.64. The van der Waals surface area contributed by atoms with Gasteiger partial charge in [0.05, 0.1) is 0 Å². The number of anilines is 1. The van der Waals surface area contributed by atoms with E-state index in [2.05, 4.69) is 32.3 Å². The van der Waals surface area contributed by atoms with E-state index in [0.717, 1.165) is 17.8 Å². The van der Waals surface area contributed by atoms with Gasteiger partial charge in [0, 0.05) is 6.54 Å². The van der Waals surface area contributed by atoms with Crippen molar-refractivity contribution in [1.82, 2.24) is 20.4 Å². The Morgan fingerprint density at radius 1 is 1.25 bits per heavy atom. The van der Waals surface area contributed by atoms with Gasteiger partial charge in [-0.2, -0.15) is 13.2 Å². The lowest BCUT2D eigenvalue weighted by Crippen LogP contribution is -2.08. The molecule has 0 amide bonds. The van der Waals surface area contributed by atoms with Gasteiger partial charge >= 0.3 is 6.18 Å². The maximum absolute atomic E-state index is 12.3. The molecule has 2 aromatic heterocycles. The Morgan fingerprint density at radius 2 is 2.05 bits per heavy atom. The van der Waals surface area contributed by atoms with Gasteiger partial charge in [-0.05, 0) is 23.9 Å². The highest BCUT2D eigenvalue weighted by atomic mass is 32.2. The number of nitrogens with zero attached hydrogens (tertiary/aromatic N) is 4. The molecule has 0 aliphatic heterocycles. The van der Waals surface area contributed by atoms with Gasteiger partial charge in [-0.3, -0.25) is 0 Å². The summed E-state index contributed by atoms with van der Waals surface area (Å²) in [7, 11) is 0. The maximum atomic E-state index is 12.3. The van der Waals surface area contributed by atoms with E-state index in [1.165, 1.54) is 17.4 Å². The SMILES string of the molecule is C=CCNc1nnc(Sc2ccc(C(F)(F)F)nn2)s1. The Bertz CT molecular complexity index is 581. The molecule has 0 bridgehead atoms. The minimum atomic E-state index is -4.49. The largest absolute Gasteiger partial charge is 0.435 e. The van der Waals surface area contributed by atoms with E-state index < -0.39 is 11.9 Å². The molecule has 2 aromatic rings. The molecular formula is C10H8F3N5S2. The van der Waals surface area contributed by atoms with Crippen LogP contribution in [0, 0.1) is 0 Å². The minimum absolute atomic E-state index is 0.324. The van der Waals surface area contributed by atoms with Gasteiger partial charge in [-0.25, -0.2) is 0 Å². The van der Waals surface area contributed by atoms with Crippen molar-refractivity contribution < 1.29 is 13.2 Å². The smallest absolute Gasteiger partial charge is 0.357 e. The highest BCUT2D eigenvalue weighted by Crippen LogP contribution is 2.32. The minimum Gasteiger partial charge on any atom is -0.357 e. The third kappa shape index (κ3) is 3.90. The average Bonchev–Trinajstić information content (AvgIpc) is 2.83. The van der Waals surface area contributed by atoms with Crippen LogP contribution in [0.5, 0.6) is 0 Å². The highest BCUT2D eigenvalue weighted by molar-refractivity contribution is 8.01. The van der Waals surface area contributed by atoms with Crippen molar-refractivity contribution in [2.24, 2.45) is 0 Å². The summed E-state index contributed by atoms with van der Waals surface area (Å²) in [5.74, 6) is 0. The monoisotopic (exact) mass is 319 g/mol. The predicted molar refractivity (Wildman–Crippen MR) is 69.8 cm³/mol. The van der Waals surface area contributed by atoms with Crippen LogP contribution >= 0.6 is 23.1 Å². The summed E-state index contributed by atoms with van der Waals surface area (Å²) < 4.78 is 37.5. The van der Waals surface area contributed by atoms with Crippen molar-refractivity contribution in [3.63, 3.8) is 0 Å². The molecular weight excluding hydrogens is 311 g/mol. The van der Waals surface area contributed by atoms with E-state index in [1.54, 1.807) is 6.08 Å². The van der Waals surface area contributed by atoms with Gasteiger partial charge in [0.15, 0.2) is 10.0 Å². The molecule has 2 heterocycles. The lowest BCUT2D eigenvalue weighted by molar-refractivity contribution is -0.141. The second kappa shape index (κ2) is 6.18. The predicted octanol–water partition coefficient (Wildman–Crippen LogP) is 3.10. The zero-order valence-electron chi connectivity index (χ0n) is 9.89. The molecule has 0 atom stereocenters. The summed E-state index contributed by atoms with van der Waals surface area (Å²) >= 11 is 2.37. The van der Waals surface area contributed by atoms with E-state index in [1.807, 2.05) is 0 Å². The normalized spacial score (nSPS) is 11.3. The van der Waals surface area contributed by atoms with Crippen LogP contribution in [0.4, 0.5) is 18.3 Å². The fourth-order valence-electron chi connectivity index (χ4n) is 1.10. The van der Waals surface area contributed by atoms with Crippen LogP contribution in [-0.2, 0) is 6.18 Å². The summed E-state index contributed by atoms with van der Waals surface area (Å²) in [6.07, 6.45) is -2.81. The topological polar surface area (TPSA) is 63.6 Å². The molecule has 0 fully saturated rings. The van der Waals surface area contributed by atoms with E-state index in [9.17, 15) is 13.2 Å².